The molecule has 23 heavy (non-hydrogen) atoms. The van der Waals surface area contributed by atoms with Gasteiger partial charge in [-0.15, -0.1) is 0 Å². The number of nitrogens with one attached hydrogen (secondary N) is 1. The highest BCUT2D eigenvalue weighted by atomic mass is 15.3. The molecule has 122 valence electrons. The zero-order chi connectivity index (χ0) is 16.1. The Kier molecular flexibility index (Phi) is 4.90. The molecule has 0 amide bonds. The van der Waals surface area contributed by atoms with Crippen molar-refractivity contribution in [1.82, 2.24) is 29.3 Å². The molecular formula is C17H24N6. The molecule has 0 saturated carbocycles. The molecule has 6 heteroatoms. The van der Waals surface area contributed by atoms with Crippen molar-refractivity contribution < 1.29 is 0 Å². The first-order chi connectivity index (χ1) is 11.3. The summed E-state index contributed by atoms with van der Waals surface area (Å²) in [4.78, 5) is 12.4. The van der Waals surface area contributed by atoms with Gasteiger partial charge in [0.25, 0.3) is 0 Å². The molecule has 3 heterocycles. The highest BCUT2D eigenvalue weighted by Gasteiger charge is 2.14. The Balaban J connectivity index is 1.69. The van der Waals surface area contributed by atoms with Crippen LogP contribution in [-0.2, 0) is 13.0 Å². The number of hydrogen-bond acceptors (Lipinski definition) is 3. The van der Waals surface area contributed by atoms with Gasteiger partial charge >= 0.3 is 0 Å². The van der Waals surface area contributed by atoms with Gasteiger partial charge in [-0.1, -0.05) is 13.3 Å². The third-order valence-electron chi connectivity index (χ3n) is 4.12. The van der Waals surface area contributed by atoms with Crippen molar-refractivity contribution in [2.24, 2.45) is 0 Å². The van der Waals surface area contributed by atoms with Crippen LogP contribution in [0.3, 0.4) is 0 Å². The Labute approximate surface area is 136 Å². The number of unbranched alkanes of at least 4 members (excludes halogenated alkanes) is 1. The number of nitrogens with zero attached hydrogens (tertiary/aromatic N) is 5. The van der Waals surface area contributed by atoms with Crippen LogP contribution in [0.2, 0.25) is 0 Å². The van der Waals surface area contributed by atoms with E-state index in [1.807, 2.05) is 41.7 Å². The molecule has 0 spiro atoms. The van der Waals surface area contributed by atoms with Crippen molar-refractivity contribution in [1.29, 1.82) is 0 Å². The number of aryl methyl sites for hydroxylation is 2. The smallest absolute Gasteiger partial charge is 0.158 e. The zero-order valence-electron chi connectivity index (χ0n) is 13.8. The highest BCUT2D eigenvalue weighted by molar-refractivity contribution is 5.49. The van der Waals surface area contributed by atoms with Crippen LogP contribution in [0.4, 0.5) is 0 Å². The number of hydrogen-bond donors (Lipinski definition) is 1. The van der Waals surface area contributed by atoms with Crippen molar-refractivity contribution in [3.8, 4) is 11.5 Å². The average Bonchev–Trinajstić information content (AvgIpc) is 3.31. The zero-order valence-corrected chi connectivity index (χ0v) is 13.8. The molecular weight excluding hydrogens is 288 g/mol. The molecule has 0 aliphatic carbocycles. The predicted octanol–water partition coefficient (Wildman–Crippen LogP) is 3.46. The minimum Gasteiger partial charge on any atom is -0.339 e. The molecule has 0 unspecified atom stereocenters. The maximum atomic E-state index is 4.52. The summed E-state index contributed by atoms with van der Waals surface area (Å²) in [5.74, 6) is 1.99. The van der Waals surface area contributed by atoms with E-state index in [9.17, 15) is 0 Å². The van der Waals surface area contributed by atoms with E-state index in [0.717, 1.165) is 43.1 Å². The standard InChI is InChI=1S/C17H24N6/c1-3-4-6-16-19-13-15(21-16)17-18-9-12-23(17)14(2)7-11-22-10-5-8-20-22/h5,8-10,12-14H,3-4,6-7,11H2,1-2H3,(H,19,21)/t14-/m0/s1. The maximum Gasteiger partial charge on any atom is 0.158 e. The van der Waals surface area contributed by atoms with Crippen LogP contribution >= 0.6 is 0 Å². The first-order valence-electron chi connectivity index (χ1n) is 8.32. The third-order valence-corrected chi connectivity index (χ3v) is 4.12. The second kappa shape index (κ2) is 7.26. The Morgan fingerprint density at radius 2 is 2.13 bits per heavy atom. The first-order valence-corrected chi connectivity index (χ1v) is 8.32. The van der Waals surface area contributed by atoms with Gasteiger partial charge in [0.15, 0.2) is 5.82 Å². The lowest BCUT2D eigenvalue weighted by Gasteiger charge is -2.15. The fourth-order valence-corrected chi connectivity index (χ4v) is 2.72. The molecule has 3 rings (SSSR count). The minimum atomic E-state index is 0.346. The fourth-order valence-electron chi connectivity index (χ4n) is 2.72. The monoisotopic (exact) mass is 312 g/mol. The van der Waals surface area contributed by atoms with Crippen LogP contribution in [-0.4, -0.2) is 29.3 Å². The largest absolute Gasteiger partial charge is 0.339 e. The number of aromatic nitrogens is 6. The number of H-pyrrole nitrogens is 1. The van der Waals surface area contributed by atoms with E-state index in [0.29, 0.717) is 6.04 Å². The SMILES string of the molecule is CCCCc1ncc(-c2nccn2[C@@H](C)CCn2cccn2)[nH]1. The fraction of sp³-hybridized carbons (Fsp3) is 0.471. The van der Waals surface area contributed by atoms with Crippen molar-refractivity contribution >= 4 is 0 Å². The van der Waals surface area contributed by atoms with Gasteiger partial charge in [-0.25, -0.2) is 9.97 Å². The predicted molar refractivity (Wildman–Crippen MR) is 90.0 cm³/mol. The molecule has 0 bridgehead atoms. The van der Waals surface area contributed by atoms with Crippen molar-refractivity contribution in [3.05, 3.63) is 42.9 Å². The lowest BCUT2D eigenvalue weighted by atomic mass is 10.2. The second-order valence-electron chi connectivity index (χ2n) is 5.91. The van der Waals surface area contributed by atoms with Gasteiger partial charge in [0.1, 0.15) is 11.5 Å². The normalized spacial score (nSPS) is 12.6. The van der Waals surface area contributed by atoms with Crippen molar-refractivity contribution in [2.75, 3.05) is 0 Å². The first kappa shape index (κ1) is 15.5. The highest BCUT2D eigenvalue weighted by Crippen LogP contribution is 2.22. The van der Waals surface area contributed by atoms with Gasteiger partial charge in [0, 0.05) is 43.8 Å². The Morgan fingerprint density at radius 1 is 1.22 bits per heavy atom. The van der Waals surface area contributed by atoms with Gasteiger partial charge < -0.3 is 9.55 Å². The Bertz CT molecular complexity index is 709. The van der Waals surface area contributed by atoms with E-state index in [2.05, 4.69) is 38.5 Å². The lowest BCUT2D eigenvalue weighted by molar-refractivity contribution is 0.449. The van der Waals surface area contributed by atoms with Crippen molar-refractivity contribution in [3.63, 3.8) is 0 Å². The Hall–Kier alpha value is -2.37. The van der Waals surface area contributed by atoms with E-state index < -0.39 is 0 Å². The summed E-state index contributed by atoms with van der Waals surface area (Å²) >= 11 is 0. The molecule has 1 atom stereocenters. The maximum absolute atomic E-state index is 4.52. The van der Waals surface area contributed by atoms with E-state index in [-0.39, 0.29) is 0 Å². The van der Waals surface area contributed by atoms with Crippen LogP contribution in [0.15, 0.2) is 37.1 Å². The molecule has 0 aliphatic rings. The quantitative estimate of drug-likeness (QED) is 0.692. The number of imidazole rings is 2. The molecule has 0 aliphatic heterocycles. The average molecular weight is 312 g/mol. The van der Waals surface area contributed by atoms with Gasteiger partial charge in [0.2, 0.25) is 0 Å². The van der Waals surface area contributed by atoms with Crippen LogP contribution < -0.4 is 0 Å². The molecule has 1 N–H and O–H groups in total. The lowest BCUT2D eigenvalue weighted by Crippen LogP contribution is -2.10. The van der Waals surface area contributed by atoms with E-state index in [1.54, 1.807) is 0 Å². The Morgan fingerprint density at radius 3 is 2.91 bits per heavy atom. The van der Waals surface area contributed by atoms with Gasteiger partial charge in [-0.3, -0.25) is 4.68 Å². The molecule has 0 radical (unpaired) electrons. The van der Waals surface area contributed by atoms with E-state index >= 15 is 0 Å². The molecule has 3 aromatic heterocycles. The summed E-state index contributed by atoms with van der Waals surface area (Å²) in [6.07, 6.45) is 13.9. The molecule has 6 nitrogen and oxygen atoms in total. The van der Waals surface area contributed by atoms with Gasteiger partial charge in [-0.05, 0) is 25.8 Å². The van der Waals surface area contributed by atoms with E-state index in [4.69, 9.17) is 0 Å². The second-order valence-corrected chi connectivity index (χ2v) is 5.91. The van der Waals surface area contributed by atoms with Crippen LogP contribution in [0.5, 0.6) is 0 Å². The van der Waals surface area contributed by atoms with Crippen LogP contribution in [0.1, 0.15) is 45.0 Å². The summed E-state index contributed by atoms with van der Waals surface area (Å²) in [6.45, 7) is 5.30. The van der Waals surface area contributed by atoms with Gasteiger partial charge in [-0.2, -0.15) is 5.10 Å². The summed E-state index contributed by atoms with van der Waals surface area (Å²) in [5, 5.41) is 4.26. The van der Waals surface area contributed by atoms with E-state index in [1.165, 1.54) is 6.42 Å². The molecule has 0 saturated heterocycles. The molecule has 0 fully saturated rings. The summed E-state index contributed by atoms with van der Waals surface area (Å²) < 4.78 is 4.17. The van der Waals surface area contributed by atoms with Crippen LogP contribution in [0, 0.1) is 0 Å². The van der Waals surface area contributed by atoms with Crippen LogP contribution in [0.25, 0.3) is 11.5 Å². The minimum absolute atomic E-state index is 0.346. The molecule has 0 aromatic carbocycles. The third kappa shape index (κ3) is 3.70. The summed E-state index contributed by atoms with van der Waals surface area (Å²) in [7, 11) is 0. The topological polar surface area (TPSA) is 64.3 Å². The van der Waals surface area contributed by atoms with Crippen molar-refractivity contribution in [2.45, 2.75) is 52.1 Å². The number of rotatable bonds is 8. The summed E-state index contributed by atoms with van der Waals surface area (Å²) in [5.41, 5.74) is 0.993. The summed E-state index contributed by atoms with van der Waals surface area (Å²) in [6, 6.07) is 2.30. The molecule has 3 aromatic rings. The number of aromatic amines is 1. The van der Waals surface area contributed by atoms with Gasteiger partial charge in [0.05, 0.1) is 6.20 Å².